The molecule has 0 aliphatic rings. The van der Waals surface area contributed by atoms with Crippen molar-refractivity contribution >= 4 is 17.2 Å². The van der Waals surface area contributed by atoms with E-state index in [9.17, 15) is 0 Å². The molecule has 0 fully saturated rings. The van der Waals surface area contributed by atoms with Crippen molar-refractivity contribution < 1.29 is 0 Å². The van der Waals surface area contributed by atoms with E-state index >= 15 is 0 Å². The van der Waals surface area contributed by atoms with Gasteiger partial charge in [0.1, 0.15) is 5.92 Å². The van der Waals surface area contributed by atoms with Gasteiger partial charge < -0.3 is 11.5 Å². The Balaban J connectivity index is 4.04. The van der Waals surface area contributed by atoms with Crippen LogP contribution in [0, 0.1) is 17.2 Å². The first kappa shape index (κ1) is 8.34. The van der Waals surface area contributed by atoms with Gasteiger partial charge in [-0.05, 0) is 6.92 Å². The maximum absolute atomic E-state index is 8.37. The fourth-order valence-corrected chi connectivity index (χ4v) is 0.708. The van der Waals surface area contributed by atoms with E-state index in [2.05, 4.69) is 12.2 Å². The summed E-state index contributed by atoms with van der Waals surface area (Å²) >= 11 is 4.57. The molecule has 0 heterocycles. The Kier molecular flexibility index (Phi) is 3.13. The molecule has 50 valence electrons. The van der Waals surface area contributed by atoms with Crippen molar-refractivity contribution in [1.82, 2.24) is 0 Å². The van der Waals surface area contributed by atoms with Gasteiger partial charge in [-0.15, -0.1) is 0 Å². The quantitative estimate of drug-likeness (QED) is 0.523. The van der Waals surface area contributed by atoms with Crippen LogP contribution in [0.25, 0.3) is 0 Å². The van der Waals surface area contributed by atoms with E-state index in [0.29, 0.717) is 0 Å². The zero-order valence-electron chi connectivity index (χ0n) is 5.16. The van der Waals surface area contributed by atoms with Crippen LogP contribution >= 0.6 is 12.2 Å². The van der Waals surface area contributed by atoms with E-state index in [1.165, 1.54) is 0 Å². The summed E-state index contributed by atoms with van der Waals surface area (Å²) in [5.41, 5.74) is 10.5. The van der Waals surface area contributed by atoms with Crippen LogP contribution in [0.15, 0.2) is 0 Å². The van der Waals surface area contributed by atoms with Crippen LogP contribution in [-0.4, -0.2) is 11.0 Å². The van der Waals surface area contributed by atoms with Crippen LogP contribution in [0.5, 0.6) is 0 Å². The van der Waals surface area contributed by atoms with Gasteiger partial charge >= 0.3 is 0 Å². The van der Waals surface area contributed by atoms with Crippen LogP contribution in [0.2, 0.25) is 0 Å². The second kappa shape index (κ2) is 3.38. The molecule has 0 saturated carbocycles. The summed E-state index contributed by atoms with van der Waals surface area (Å²) in [6.07, 6.45) is 0. The molecular weight excluding hydrogens is 134 g/mol. The number of nitrogens with zero attached hydrogens (tertiary/aromatic N) is 1. The van der Waals surface area contributed by atoms with Gasteiger partial charge in [0.2, 0.25) is 0 Å². The largest absolute Gasteiger partial charge is 0.392 e. The van der Waals surface area contributed by atoms with Gasteiger partial charge in [0.15, 0.2) is 0 Å². The van der Waals surface area contributed by atoms with Crippen LogP contribution in [0.4, 0.5) is 0 Å². The predicted octanol–water partition coefficient (Wildman–Crippen LogP) is -0.241. The number of hydrogen-bond acceptors (Lipinski definition) is 3. The van der Waals surface area contributed by atoms with Crippen LogP contribution in [0.3, 0.4) is 0 Å². The van der Waals surface area contributed by atoms with Gasteiger partial charge in [-0.1, -0.05) is 12.2 Å². The van der Waals surface area contributed by atoms with Gasteiger partial charge in [0.05, 0.1) is 11.1 Å². The summed E-state index contributed by atoms with van der Waals surface area (Å²) < 4.78 is 0. The first-order chi connectivity index (χ1) is 4.09. The van der Waals surface area contributed by atoms with E-state index < -0.39 is 5.92 Å². The van der Waals surface area contributed by atoms with Crippen molar-refractivity contribution in [1.29, 1.82) is 5.26 Å². The highest BCUT2D eigenvalue weighted by Crippen LogP contribution is 1.98. The van der Waals surface area contributed by atoms with Crippen molar-refractivity contribution in [3.8, 4) is 6.07 Å². The molecule has 0 aromatic heterocycles. The Morgan fingerprint density at radius 2 is 2.22 bits per heavy atom. The van der Waals surface area contributed by atoms with Crippen molar-refractivity contribution in [2.24, 2.45) is 17.4 Å². The van der Waals surface area contributed by atoms with Crippen molar-refractivity contribution in [2.45, 2.75) is 13.0 Å². The lowest BCUT2D eigenvalue weighted by molar-refractivity contribution is 0.676. The molecule has 2 atom stereocenters. The van der Waals surface area contributed by atoms with Crippen LogP contribution in [-0.2, 0) is 0 Å². The third-order valence-corrected chi connectivity index (χ3v) is 1.23. The smallest absolute Gasteiger partial charge is 0.111 e. The van der Waals surface area contributed by atoms with Crippen molar-refractivity contribution in [2.75, 3.05) is 0 Å². The topological polar surface area (TPSA) is 75.8 Å². The summed E-state index contributed by atoms with van der Waals surface area (Å²) in [7, 11) is 0. The van der Waals surface area contributed by atoms with Gasteiger partial charge in [-0.2, -0.15) is 5.26 Å². The number of nitriles is 1. The lowest BCUT2D eigenvalue weighted by atomic mass is 10.1. The molecule has 0 bridgehead atoms. The van der Waals surface area contributed by atoms with E-state index in [1.807, 2.05) is 6.07 Å². The number of nitrogens with two attached hydrogens (primary N) is 2. The molecule has 3 nitrogen and oxygen atoms in total. The lowest BCUT2D eigenvalue weighted by Gasteiger charge is -2.09. The van der Waals surface area contributed by atoms with Gasteiger partial charge in [-0.25, -0.2) is 0 Å². The monoisotopic (exact) mass is 143 g/mol. The lowest BCUT2D eigenvalue weighted by Crippen LogP contribution is -2.34. The first-order valence-corrected chi connectivity index (χ1v) is 2.95. The van der Waals surface area contributed by atoms with Crippen molar-refractivity contribution in [3.05, 3.63) is 0 Å². The normalized spacial score (nSPS) is 15.7. The standard InChI is InChI=1S/C5H9N3S/c1-3(7)4(2-6)5(8)9/h3-4H,7H2,1H3,(H2,8,9)/t3-,4-/m1/s1. The van der Waals surface area contributed by atoms with E-state index in [4.69, 9.17) is 16.7 Å². The molecule has 0 aromatic rings. The molecule has 0 amide bonds. The van der Waals surface area contributed by atoms with Crippen molar-refractivity contribution in [3.63, 3.8) is 0 Å². The summed E-state index contributed by atoms with van der Waals surface area (Å²) in [6, 6.07) is 1.64. The fraction of sp³-hybridized carbons (Fsp3) is 0.600. The van der Waals surface area contributed by atoms with Crippen LogP contribution in [0.1, 0.15) is 6.92 Å². The minimum Gasteiger partial charge on any atom is -0.392 e. The molecule has 0 radical (unpaired) electrons. The number of hydrogen-bond donors (Lipinski definition) is 2. The van der Waals surface area contributed by atoms with E-state index in [1.54, 1.807) is 6.92 Å². The molecule has 0 unspecified atom stereocenters. The molecule has 0 saturated heterocycles. The Bertz CT molecular complexity index is 147. The molecule has 4 N–H and O–H groups in total. The Hall–Kier alpha value is -0.660. The highest BCUT2D eigenvalue weighted by atomic mass is 32.1. The summed E-state index contributed by atoms with van der Waals surface area (Å²) in [5.74, 6) is -0.486. The number of thiocarbonyl (C=S) groups is 1. The molecule has 0 aromatic carbocycles. The maximum atomic E-state index is 8.37. The molecule has 4 heteroatoms. The summed E-state index contributed by atoms with van der Waals surface area (Å²) in [6.45, 7) is 1.70. The van der Waals surface area contributed by atoms with E-state index in [-0.39, 0.29) is 11.0 Å². The Morgan fingerprint density at radius 3 is 2.22 bits per heavy atom. The molecule has 9 heavy (non-hydrogen) atoms. The third kappa shape index (κ3) is 2.40. The zero-order valence-corrected chi connectivity index (χ0v) is 5.98. The zero-order chi connectivity index (χ0) is 7.44. The Morgan fingerprint density at radius 1 is 1.78 bits per heavy atom. The molecule has 0 aliphatic carbocycles. The third-order valence-electron chi connectivity index (χ3n) is 0.971. The fourth-order valence-electron chi connectivity index (χ4n) is 0.440. The van der Waals surface area contributed by atoms with Gasteiger partial charge in [0.25, 0.3) is 0 Å². The second-order valence-corrected chi connectivity index (χ2v) is 2.34. The highest BCUT2D eigenvalue weighted by Gasteiger charge is 2.14. The van der Waals surface area contributed by atoms with E-state index in [0.717, 1.165) is 0 Å². The molecular formula is C5H9N3S. The van der Waals surface area contributed by atoms with Gasteiger partial charge in [0, 0.05) is 6.04 Å². The Labute approximate surface area is 59.6 Å². The second-order valence-electron chi connectivity index (χ2n) is 1.87. The molecule has 0 aliphatic heterocycles. The minimum absolute atomic E-state index is 0.174. The van der Waals surface area contributed by atoms with Crippen LogP contribution < -0.4 is 11.5 Å². The number of rotatable bonds is 2. The SMILES string of the molecule is C[C@@H](N)[C@@H](C#N)C(N)=S. The average Bonchev–Trinajstić information content (AvgIpc) is 1.64. The first-order valence-electron chi connectivity index (χ1n) is 2.54. The molecule has 0 rings (SSSR count). The summed E-state index contributed by atoms with van der Waals surface area (Å²) in [5, 5.41) is 8.37. The van der Waals surface area contributed by atoms with Gasteiger partial charge in [-0.3, -0.25) is 0 Å². The predicted molar refractivity (Wildman–Crippen MR) is 39.5 cm³/mol. The average molecular weight is 143 g/mol. The maximum Gasteiger partial charge on any atom is 0.111 e. The molecule has 0 spiro atoms. The summed E-state index contributed by atoms with van der Waals surface area (Å²) in [4.78, 5) is 0.174. The highest BCUT2D eigenvalue weighted by molar-refractivity contribution is 7.80. The minimum atomic E-state index is -0.486.